The summed E-state index contributed by atoms with van der Waals surface area (Å²) in [6, 6.07) is 2.09. The van der Waals surface area contributed by atoms with Gasteiger partial charge in [0, 0.05) is 30.7 Å². The molecule has 1 aliphatic carbocycles. The number of allylic oxidation sites excluding steroid dienone is 3. The third-order valence-electron chi connectivity index (χ3n) is 9.15. The van der Waals surface area contributed by atoms with Crippen LogP contribution in [0.3, 0.4) is 0 Å². The first kappa shape index (κ1) is 42.8. The van der Waals surface area contributed by atoms with E-state index in [0.29, 0.717) is 11.3 Å². The van der Waals surface area contributed by atoms with Crippen molar-refractivity contribution in [2.45, 2.75) is 90.2 Å². The Hall–Kier alpha value is -4.94. The van der Waals surface area contributed by atoms with Crippen LogP contribution in [0.5, 0.6) is 11.5 Å². The van der Waals surface area contributed by atoms with Gasteiger partial charge < -0.3 is 30.8 Å². The highest BCUT2D eigenvalue weighted by Crippen LogP contribution is 2.46. The number of β-lactam (4-membered cyclic amide) rings is 1. The largest absolute Gasteiger partial charge is 0.507 e. The second kappa shape index (κ2) is 18.1. The number of oxime groups is 1. The standard InChI is InChI=1S/C37H48N6O10S2/c1-7-9-10-11-22-19-27(44)30(24-18-21(3)12-13-23(24)8-2)28(20-22)52-36(39-6)54-17-16-26-32(34(46)43(26)55(49,50)51)41-33(45)31(25-14-15-29(38)40-25)42-53-37(4,5)35(47)48/h8,14,16,18-20,23-24,32,44H,2,7,9-13,15,17H2,1,3-6H3,(H2,38,40)(H,41,45)(H,47,48)(H,49,50,51)/b26-16+,39-36?,42-31-/t23-,24-,32+/m1/s1. The summed E-state index contributed by atoms with van der Waals surface area (Å²) in [6.07, 6.45) is 12.3. The third-order valence-corrected chi connectivity index (χ3v) is 10.9. The number of phenolic OH excluding ortho intramolecular Hbond substituents is 1. The highest BCUT2D eigenvalue weighted by molar-refractivity contribution is 8.13. The van der Waals surface area contributed by atoms with Crippen LogP contribution in [0.2, 0.25) is 0 Å². The summed E-state index contributed by atoms with van der Waals surface area (Å²) in [6.45, 7) is 10.6. The van der Waals surface area contributed by atoms with Gasteiger partial charge in [0.15, 0.2) is 11.8 Å². The Kier molecular flexibility index (Phi) is 14.1. The predicted molar refractivity (Wildman–Crippen MR) is 210 cm³/mol. The van der Waals surface area contributed by atoms with E-state index in [-0.39, 0.29) is 56.5 Å². The number of phenols is 1. The molecule has 1 fully saturated rings. The number of nitrogens with one attached hydrogen (secondary N) is 1. The van der Waals surface area contributed by atoms with Crippen molar-refractivity contribution in [2.75, 3.05) is 12.8 Å². The first-order valence-corrected chi connectivity index (χ1v) is 20.1. The van der Waals surface area contributed by atoms with Gasteiger partial charge in [-0.3, -0.25) is 14.1 Å². The number of aryl methyl sites for hydroxylation is 1. The molecule has 0 saturated carbocycles. The summed E-state index contributed by atoms with van der Waals surface area (Å²) in [7, 11) is -3.59. The fourth-order valence-electron chi connectivity index (χ4n) is 6.10. The third kappa shape index (κ3) is 10.4. The smallest absolute Gasteiger partial charge is 0.366 e. The zero-order valence-electron chi connectivity index (χ0n) is 31.4. The number of carboxylic acid groups (broad SMARTS) is 1. The summed E-state index contributed by atoms with van der Waals surface area (Å²) < 4.78 is 40.8. The molecule has 16 nitrogen and oxygen atoms in total. The molecule has 0 unspecified atom stereocenters. The van der Waals surface area contributed by atoms with Gasteiger partial charge in [-0.1, -0.05) is 60.5 Å². The number of nitrogens with two attached hydrogens (primary N) is 1. The van der Waals surface area contributed by atoms with Crippen LogP contribution < -0.4 is 15.8 Å². The van der Waals surface area contributed by atoms with E-state index in [0.717, 1.165) is 55.9 Å². The molecule has 3 aliphatic rings. The van der Waals surface area contributed by atoms with Crippen molar-refractivity contribution < 1.29 is 47.1 Å². The van der Waals surface area contributed by atoms with Gasteiger partial charge in [0.05, 0.1) is 11.4 Å². The maximum atomic E-state index is 13.5. The molecule has 6 N–H and O–H groups in total. The fraction of sp³-hybridized carbons (Fsp3) is 0.459. The Morgan fingerprint density at radius 1 is 1.27 bits per heavy atom. The normalized spacial score (nSPS) is 21.4. The molecule has 0 aromatic heterocycles. The number of aliphatic imine (C=N–C) groups is 2. The number of aliphatic carboxylic acids is 1. The second-order valence-electron chi connectivity index (χ2n) is 13.7. The highest BCUT2D eigenvalue weighted by Gasteiger charge is 2.50. The number of rotatable bonds is 16. The average Bonchev–Trinajstić information content (AvgIpc) is 3.54. The quantitative estimate of drug-likeness (QED) is 0.0290. The number of ether oxygens (including phenoxy) is 1. The van der Waals surface area contributed by atoms with Crippen LogP contribution in [0.1, 0.15) is 83.3 Å². The number of thioether (sulfide) groups is 1. The van der Waals surface area contributed by atoms with Gasteiger partial charge >= 0.3 is 16.3 Å². The van der Waals surface area contributed by atoms with E-state index in [1.165, 1.54) is 38.6 Å². The lowest BCUT2D eigenvalue weighted by Gasteiger charge is -2.38. The molecular weight excluding hydrogens is 753 g/mol. The molecular formula is C37H48N6O10S2. The summed E-state index contributed by atoms with van der Waals surface area (Å²) in [5.74, 6) is -3.19. The number of aromatic hydroxyl groups is 1. The van der Waals surface area contributed by atoms with Gasteiger partial charge in [-0.25, -0.2) is 14.8 Å². The molecule has 0 bridgehead atoms. The predicted octanol–water partition coefficient (Wildman–Crippen LogP) is 4.74. The van der Waals surface area contributed by atoms with E-state index < -0.39 is 45.4 Å². The van der Waals surface area contributed by atoms with Crippen molar-refractivity contribution >= 4 is 56.6 Å². The lowest BCUT2D eigenvalue weighted by Crippen LogP contribution is -2.64. The Balaban J connectivity index is 1.61. The van der Waals surface area contributed by atoms with Crippen molar-refractivity contribution in [3.63, 3.8) is 0 Å². The van der Waals surface area contributed by atoms with Gasteiger partial charge in [0.1, 0.15) is 17.3 Å². The number of benzene rings is 1. The number of hydrogen-bond donors (Lipinski definition) is 5. The lowest BCUT2D eigenvalue weighted by molar-refractivity contribution is -0.161. The van der Waals surface area contributed by atoms with Crippen molar-refractivity contribution in [1.82, 2.24) is 9.62 Å². The highest BCUT2D eigenvalue weighted by atomic mass is 32.2. The SMILES string of the molecule is C=C[C@@H]1CCC(C)=C[C@H]1c1c(O)cc(CCCCC)cc1OC(=NC)SC/C=C1\[C@H](NC(=O)/C(=N\OC(C)(C)C(=O)O)C2=CCC(N)=N2)C(=O)N1S(=O)(=O)O. The Morgan fingerprint density at radius 3 is 2.60 bits per heavy atom. The van der Waals surface area contributed by atoms with Crippen molar-refractivity contribution in [3.05, 3.63) is 71.1 Å². The molecule has 1 saturated heterocycles. The minimum absolute atomic E-state index is 0.0481. The van der Waals surface area contributed by atoms with Gasteiger partial charge in [-0.05, 0) is 76.1 Å². The zero-order valence-corrected chi connectivity index (χ0v) is 33.1. The maximum absolute atomic E-state index is 13.5. The number of unbranched alkanes of at least 4 members (excludes halogenated alkanes) is 2. The number of carbonyl (C=O) groups is 3. The van der Waals surface area contributed by atoms with Crippen molar-refractivity contribution in [1.29, 1.82) is 0 Å². The first-order chi connectivity index (χ1) is 25.9. The van der Waals surface area contributed by atoms with E-state index in [9.17, 15) is 37.6 Å². The minimum Gasteiger partial charge on any atom is -0.507 e. The van der Waals surface area contributed by atoms with E-state index in [1.807, 2.05) is 19.1 Å². The number of carboxylic acids is 1. The fourth-order valence-corrected chi connectivity index (χ4v) is 7.55. The number of amides is 2. The van der Waals surface area contributed by atoms with Gasteiger partial charge in [-0.2, -0.15) is 12.7 Å². The lowest BCUT2D eigenvalue weighted by atomic mass is 9.76. The summed E-state index contributed by atoms with van der Waals surface area (Å²) in [4.78, 5) is 51.4. The molecule has 2 amide bonds. The summed E-state index contributed by atoms with van der Waals surface area (Å²) in [5, 5.41) is 27.0. The molecule has 2 aliphatic heterocycles. The number of carbonyl (C=O) groups excluding carboxylic acids is 2. The molecule has 298 valence electrons. The Labute approximate surface area is 324 Å². The van der Waals surface area contributed by atoms with Crippen LogP contribution in [0, 0.1) is 5.92 Å². The van der Waals surface area contributed by atoms with Crippen LogP contribution in [-0.2, 0) is 35.9 Å². The number of hydrogen-bond acceptors (Lipinski definition) is 13. The van der Waals surface area contributed by atoms with Crippen LogP contribution in [0.25, 0.3) is 0 Å². The number of amidine groups is 1. The van der Waals surface area contributed by atoms with Crippen LogP contribution in [-0.4, -0.2) is 86.5 Å². The van der Waals surface area contributed by atoms with E-state index in [4.69, 9.17) is 15.3 Å². The Morgan fingerprint density at radius 2 is 2.00 bits per heavy atom. The monoisotopic (exact) mass is 800 g/mol. The topological polar surface area (TPSA) is 243 Å². The van der Waals surface area contributed by atoms with E-state index >= 15 is 0 Å². The van der Waals surface area contributed by atoms with Crippen molar-refractivity contribution in [2.24, 2.45) is 26.8 Å². The van der Waals surface area contributed by atoms with Crippen molar-refractivity contribution in [3.8, 4) is 11.5 Å². The molecule has 1 aromatic rings. The van der Waals surface area contributed by atoms with Crippen LogP contribution >= 0.6 is 11.8 Å². The minimum atomic E-state index is -5.09. The second-order valence-corrected chi connectivity index (χ2v) is 16.0. The maximum Gasteiger partial charge on any atom is 0.366 e. The van der Waals surface area contributed by atoms with E-state index in [1.54, 1.807) is 6.07 Å². The molecule has 3 atom stereocenters. The van der Waals surface area contributed by atoms with Crippen LogP contribution in [0.15, 0.2) is 75.1 Å². The molecule has 0 spiro atoms. The van der Waals surface area contributed by atoms with Gasteiger partial charge in [0.25, 0.3) is 17.0 Å². The average molecular weight is 801 g/mol. The molecule has 1 aromatic carbocycles. The van der Waals surface area contributed by atoms with Gasteiger partial charge in [0.2, 0.25) is 5.60 Å². The first-order valence-electron chi connectivity index (χ1n) is 17.7. The summed E-state index contributed by atoms with van der Waals surface area (Å²) in [5.41, 5.74) is 5.69. The Bertz CT molecular complexity index is 2000. The van der Waals surface area contributed by atoms with E-state index in [2.05, 4.69) is 40.0 Å². The number of nitrogens with zero attached hydrogens (tertiary/aromatic N) is 4. The van der Waals surface area contributed by atoms with Crippen LogP contribution in [0.4, 0.5) is 0 Å². The molecule has 2 heterocycles. The summed E-state index contributed by atoms with van der Waals surface area (Å²) >= 11 is 1.03. The van der Waals surface area contributed by atoms with Gasteiger partial charge in [-0.15, -0.1) is 6.58 Å². The molecule has 0 radical (unpaired) electrons. The zero-order chi connectivity index (χ0) is 40.7. The molecule has 4 rings (SSSR count). The molecule has 55 heavy (non-hydrogen) atoms. The molecule has 18 heteroatoms.